The van der Waals surface area contributed by atoms with E-state index in [1.54, 1.807) is 6.07 Å². The zero-order valence-corrected chi connectivity index (χ0v) is 12.6. The minimum Gasteiger partial charge on any atom is -0.393 e. The van der Waals surface area contributed by atoms with Gasteiger partial charge in [-0.15, -0.1) is 0 Å². The Morgan fingerprint density at radius 2 is 1.95 bits per heavy atom. The molecule has 1 aliphatic carbocycles. The van der Waals surface area contributed by atoms with Crippen molar-refractivity contribution >= 4 is 0 Å². The van der Waals surface area contributed by atoms with Crippen LogP contribution in [-0.4, -0.2) is 31.0 Å². The molecule has 1 saturated carbocycles. The van der Waals surface area contributed by atoms with Gasteiger partial charge in [0.05, 0.1) is 24.3 Å². The van der Waals surface area contributed by atoms with Crippen LogP contribution in [-0.2, 0) is 10.9 Å². The van der Waals surface area contributed by atoms with Gasteiger partial charge < -0.3 is 15.2 Å². The SMILES string of the molecule is COCC(NC1CCC(O)CC1)c1cccc(C(F)(F)F)c1. The summed E-state index contributed by atoms with van der Waals surface area (Å²) in [5, 5.41) is 12.9. The maximum absolute atomic E-state index is 12.8. The molecular weight excluding hydrogens is 295 g/mol. The fraction of sp³-hybridized carbons (Fsp3) is 0.625. The van der Waals surface area contributed by atoms with Crippen LogP contribution in [0.3, 0.4) is 0 Å². The molecule has 0 radical (unpaired) electrons. The molecule has 0 aliphatic heterocycles. The van der Waals surface area contributed by atoms with E-state index in [-0.39, 0.29) is 18.2 Å². The Morgan fingerprint density at radius 3 is 2.55 bits per heavy atom. The predicted octanol–water partition coefficient (Wildman–Crippen LogP) is 3.29. The van der Waals surface area contributed by atoms with Crippen LogP contribution in [0.15, 0.2) is 24.3 Å². The van der Waals surface area contributed by atoms with E-state index >= 15 is 0 Å². The number of halogens is 3. The fourth-order valence-corrected chi connectivity index (χ4v) is 2.87. The van der Waals surface area contributed by atoms with E-state index in [0.29, 0.717) is 12.2 Å². The molecule has 0 heterocycles. The summed E-state index contributed by atoms with van der Waals surface area (Å²) in [5.41, 5.74) is -0.0743. The van der Waals surface area contributed by atoms with Crippen LogP contribution in [0.5, 0.6) is 0 Å². The van der Waals surface area contributed by atoms with E-state index in [1.165, 1.54) is 19.2 Å². The topological polar surface area (TPSA) is 41.5 Å². The molecule has 0 spiro atoms. The molecule has 0 amide bonds. The van der Waals surface area contributed by atoms with Crippen LogP contribution in [0.2, 0.25) is 0 Å². The largest absolute Gasteiger partial charge is 0.416 e. The molecule has 0 aromatic heterocycles. The highest BCUT2D eigenvalue weighted by molar-refractivity contribution is 5.28. The van der Waals surface area contributed by atoms with Gasteiger partial charge in [-0.3, -0.25) is 0 Å². The molecule has 124 valence electrons. The Kier molecular flexibility index (Phi) is 5.83. The van der Waals surface area contributed by atoms with Crippen molar-refractivity contribution in [3.8, 4) is 0 Å². The molecule has 3 nitrogen and oxygen atoms in total. The summed E-state index contributed by atoms with van der Waals surface area (Å²) in [6.45, 7) is 0.306. The van der Waals surface area contributed by atoms with Gasteiger partial charge in [0.1, 0.15) is 0 Å². The Hall–Kier alpha value is -1.11. The number of benzene rings is 1. The van der Waals surface area contributed by atoms with E-state index < -0.39 is 11.7 Å². The van der Waals surface area contributed by atoms with Crippen molar-refractivity contribution in [1.29, 1.82) is 0 Å². The summed E-state index contributed by atoms with van der Waals surface area (Å²) in [7, 11) is 1.53. The number of hydrogen-bond acceptors (Lipinski definition) is 3. The number of methoxy groups -OCH3 is 1. The first-order valence-electron chi connectivity index (χ1n) is 7.50. The number of aliphatic hydroxyl groups excluding tert-OH is 1. The van der Waals surface area contributed by atoms with Crippen molar-refractivity contribution in [3.05, 3.63) is 35.4 Å². The van der Waals surface area contributed by atoms with Gasteiger partial charge in [-0.1, -0.05) is 12.1 Å². The number of alkyl halides is 3. The zero-order valence-electron chi connectivity index (χ0n) is 12.6. The van der Waals surface area contributed by atoms with Gasteiger partial charge in [0.25, 0.3) is 0 Å². The van der Waals surface area contributed by atoms with E-state index in [9.17, 15) is 18.3 Å². The second kappa shape index (κ2) is 7.44. The minimum atomic E-state index is -4.34. The first-order valence-corrected chi connectivity index (χ1v) is 7.50. The lowest BCUT2D eigenvalue weighted by molar-refractivity contribution is -0.137. The van der Waals surface area contributed by atoms with Gasteiger partial charge in [0.15, 0.2) is 0 Å². The van der Waals surface area contributed by atoms with Crippen molar-refractivity contribution in [2.24, 2.45) is 0 Å². The zero-order chi connectivity index (χ0) is 16.2. The van der Waals surface area contributed by atoms with Crippen LogP contribution in [0.4, 0.5) is 13.2 Å². The molecule has 6 heteroatoms. The maximum Gasteiger partial charge on any atom is 0.416 e. The lowest BCUT2D eigenvalue weighted by Crippen LogP contribution is -2.38. The van der Waals surface area contributed by atoms with Gasteiger partial charge in [-0.2, -0.15) is 13.2 Å². The average molecular weight is 317 g/mol. The average Bonchev–Trinajstić information content (AvgIpc) is 2.48. The highest BCUT2D eigenvalue weighted by Gasteiger charge is 2.31. The highest BCUT2D eigenvalue weighted by atomic mass is 19.4. The first-order chi connectivity index (χ1) is 10.4. The highest BCUT2D eigenvalue weighted by Crippen LogP contribution is 2.31. The van der Waals surface area contributed by atoms with Crippen LogP contribution in [0, 0.1) is 0 Å². The number of hydrogen-bond donors (Lipinski definition) is 2. The molecule has 22 heavy (non-hydrogen) atoms. The fourth-order valence-electron chi connectivity index (χ4n) is 2.87. The predicted molar refractivity (Wildman–Crippen MR) is 77.5 cm³/mol. The standard InChI is InChI=1S/C16H22F3NO2/c1-22-10-15(20-13-5-7-14(21)8-6-13)11-3-2-4-12(9-11)16(17,18)19/h2-4,9,13-15,20-21H,5-8,10H2,1H3. The molecule has 1 aromatic carbocycles. The summed E-state index contributed by atoms with van der Waals surface area (Å²) < 4.78 is 43.7. The van der Waals surface area contributed by atoms with E-state index in [0.717, 1.165) is 31.7 Å². The third-order valence-electron chi connectivity index (χ3n) is 4.08. The van der Waals surface area contributed by atoms with Gasteiger partial charge in [-0.25, -0.2) is 0 Å². The smallest absolute Gasteiger partial charge is 0.393 e. The second-order valence-electron chi connectivity index (χ2n) is 5.80. The van der Waals surface area contributed by atoms with Gasteiger partial charge >= 0.3 is 6.18 Å². The van der Waals surface area contributed by atoms with E-state index in [4.69, 9.17) is 4.74 Å². The summed E-state index contributed by atoms with van der Waals surface area (Å²) in [4.78, 5) is 0. The Balaban J connectivity index is 2.10. The van der Waals surface area contributed by atoms with Crippen molar-refractivity contribution in [2.75, 3.05) is 13.7 Å². The van der Waals surface area contributed by atoms with Crippen molar-refractivity contribution in [1.82, 2.24) is 5.32 Å². The Morgan fingerprint density at radius 1 is 1.27 bits per heavy atom. The molecule has 1 aliphatic rings. The third-order valence-corrected chi connectivity index (χ3v) is 4.08. The molecule has 0 saturated heterocycles. The molecule has 1 atom stereocenters. The van der Waals surface area contributed by atoms with Crippen LogP contribution < -0.4 is 5.32 Å². The van der Waals surface area contributed by atoms with Gasteiger partial charge in [0.2, 0.25) is 0 Å². The molecule has 2 N–H and O–H groups in total. The van der Waals surface area contributed by atoms with Crippen LogP contribution >= 0.6 is 0 Å². The van der Waals surface area contributed by atoms with Gasteiger partial charge in [0, 0.05) is 13.2 Å². The quantitative estimate of drug-likeness (QED) is 0.876. The molecule has 0 bridgehead atoms. The number of rotatable bonds is 5. The molecule has 1 unspecified atom stereocenters. The number of aliphatic hydroxyl groups is 1. The van der Waals surface area contributed by atoms with Crippen molar-refractivity contribution < 1.29 is 23.0 Å². The molecule has 1 fully saturated rings. The summed E-state index contributed by atoms with van der Waals surface area (Å²) in [6.07, 6.45) is -1.52. The van der Waals surface area contributed by atoms with Gasteiger partial charge in [-0.05, 0) is 43.4 Å². The Bertz CT molecular complexity index is 471. The Labute approximate surface area is 128 Å². The molecule has 2 rings (SSSR count). The second-order valence-corrected chi connectivity index (χ2v) is 5.80. The van der Waals surface area contributed by atoms with E-state index in [1.807, 2.05) is 0 Å². The van der Waals surface area contributed by atoms with Crippen molar-refractivity contribution in [3.63, 3.8) is 0 Å². The lowest BCUT2D eigenvalue weighted by Gasteiger charge is -2.30. The normalized spacial score (nSPS) is 24.2. The minimum absolute atomic E-state index is 0.193. The van der Waals surface area contributed by atoms with Crippen LogP contribution in [0.1, 0.15) is 42.9 Å². The summed E-state index contributed by atoms with van der Waals surface area (Å²) in [5.74, 6) is 0. The molecule has 1 aromatic rings. The van der Waals surface area contributed by atoms with Crippen LogP contribution in [0.25, 0.3) is 0 Å². The van der Waals surface area contributed by atoms with Crippen molar-refractivity contribution in [2.45, 2.75) is 50.0 Å². The molecular formula is C16H22F3NO2. The summed E-state index contributed by atoms with van der Waals surface area (Å²) in [6, 6.07) is 5.26. The lowest BCUT2D eigenvalue weighted by atomic mass is 9.92. The summed E-state index contributed by atoms with van der Waals surface area (Å²) >= 11 is 0. The maximum atomic E-state index is 12.8. The third kappa shape index (κ3) is 4.69. The first kappa shape index (κ1) is 17.2. The number of ether oxygens (including phenoxy) is 1. The monoisotopic (exact) mass is 317 g/mol. The van der Waals surface area contributed by atoms with E-state index in [2.05, 4.69) is 5.32 Å². The number of nitrogens with one attached hydrogen (secondary N) is 1.